The number of hydrogen-bond donors (Lipinski definition) is 1. The van der Waals surface area contributed by atoms with Crippen molar-refractivity contribution >= 4 is 10.1 Å². The lowest BCUT2D eigenvalue weighted by atomic mass is 10.4. The highest BCUT2D eigenvalue weighted by atomic mass is 32.2. The van der Waals surface area contributed by atoms with Crippen LogP contribution in [0, 0.1) is 13.8 Å². The molecule has 0 aliphatic rings. The number of halogens is 2. The van der Waals surface area contributed by atoms with Crippen LogP contribution in [0.3, 0.4) is 0 Å². The first-order chi connectivity index (χ1) is 6.25. The van der Waals surface area contributed by atoms with E-state index in [0.717, 1.165) is 6.92 Å². The van der Waals surface area contributed by atoms with Crippen molar-refractivity contribution in [1.29, 1.82) is 0 Å². The molecule has 80 valence electrons. The van der Waals surface area contributed by atoms with Crippen molar-refractivity contribution in [2.24, 2.45) is 0 Å². The molecule has 0 unspecified atom stereocenters. The first-order valence-corrected chi connectivity index (χ1v) is 5.00. The number of aromatic nitrogens is 2. The molecule has 8 heteroatoms. The van der Waals surface area contributed by atoms with E-state index >= 15 is 0 Å². The normalized spacial score (nSPS) is 12.4. The molecular weight excluding hydrogens is 218 g/mol. The Morgan fingerprint density at radius 3 is 2.14 bits per heavy atom. The fourth-order valence-electron chi connectivity index (χ4n) is 1.21. The van der Waals surface area contributed by atoms with Crippen LogP contribution in [0.1, 0.15) is 17.9 Å². The SMILES string of the molecule is Cc1nn(C(F)F)c(C)c1S(=O)(=O)O. The Balaban J connectivity index is 3.48. The van der Waals surface area contributed by atoms with Crippen molar-refractivity contribution in [3.63, 3.8) is 0 Å². The Labute approximate surface area is 79.1 Å². The number of alkyl halides is 2. The molecular formula is C6H8F2N2O3S. The molecule has 0 atom stereocenters. The molecule has 14 heavy (non-hydrogen) atoms. The summed E-state index contributed by atoms with van der Waals surface area (Å²) in [4.78, 5) is -0.558. The van der Waals surface area contributed by atoms with Gasteiger partial charge in [0.25, 0.3) is 10.1 Å². The van der Waals surface area contributed by atoms with Crippen LogP contribution in [0.15, 0.2) is 4.90 Å². The van der Waals surface area contributed by atoms with E-state index in [1.807, 2.05) is 0 Å². The first kappa shape index (κ1) is 11.1. The van der Waals surface area contributed by atoms with Gasteiger partial charge in [-0.25, -0.2) is 4.68 Å². The van der Waals surface area contributed by atoms with Gasteiger partial charge in [0.1, 0.15) is 4.90 Å². The smallest absolute Gasteiger partial charge is 0.282 e. The third-order valence-corrected chi connectivity index (χ3v) is 2.81. The van der Waals surface area contributed by atoms with E-state index in [4.69, 9.17) is 4.55 Å². The molecule has 5 nitrogen and oxygen atoms in total. The highest BCUT2D eigenvalue weighted by molar-refractivity contribution is 7.86. The molecule has 0 saturated heterocycles. The molecule has 0 aliphatic carbocycles. The van der Waals surface area contributed by atoms with E-state index < -0.39 is 21.6 Å². The van der Waals surface area contributed by atoms with Crippen LogP contribution in [0.4, 0.5) is 8.78 Å². The Morgan fingerprint density at radius 2 is 1.93 bits per heavy atom. The van der Waals surface area contributed by atoms with Gasteiger partial charge in [-0.1, -0.05) is 0 Å². The summed E-state index contributed by atoms with van der Waals surface area (Å²) in [6, 6.07) is 0. The maximum absolute atomic E-state index is 12.2. The minimum absolute atomic E-state index is 0.148. The predicted molar refractivity (Wildman–Crippen MR) is 42.8 cm³/mol. The molecule has 1 aromatic rings. The lowest BCUT2D eigenvalue weighted by Crippen LogP contribution is -2.05. The van der Waals surface area contributed by atoms with Gasteiger partial charge < -0.3 is 0 Å². The molecule has 0 aliphatic heterocycles. The second-order valence-electron chi connectivity index (χ2n) is 2.70. The predicted octanol–water partition coefficient (Wildman–Crippen LogP) is 1.14. The van der Waals surface area contributed by atoms with Gasteiger partial charge in [-0.3, -0.25) is 4.55 Å². The van der Waals surface area contributed by atoms with Gasteiger partial charge in [-0.15, -0.1) is 0 Å². The minimum Gasteiger partial charge on any atom is -0.282 e. The Kier molecular flexibility index (Phi) is 2.59. The zero-order chi connectivity index (χ0) is 11.1. The van der Waals surface area contributed by atoms with Gasteiger partial charge in [0.05, 0.1) is 11.4 Å². The third-order valence-electron chi connectivity index (χ3n) is 1.70. The summed E-state index contributed by atoms with van der Waals surface area (Å²) in [5, 5.41) is 3.30. The second kappa shape index (κ2) is 3.28. The Morgan fingerprint density at radius 1 is 1.43 bits per heavy atom. The monoisotopic (exact) mass is 226 g/mol. The highest BCUT2D eigenvalue weighted by Gasteiger charge is 2.25. The van der Waals surface area contributed by atoms with Crippen molar-refractivity contribution in [1.82, 2.24) is 9.78 Å². The van der Waals surface area contributed by atoms with Crippen LogP contribution in [-0.2, 0) is 10.1 Å². The highest BCUT2D eigenvalue weighted by Crippen LogP contribution is 2.22. The van der Waals surface area contributed by atoms with E-state index in [2.05, 4.69) is 5.10 Å². The summed E-state index contributed by atoms with van der Waals surface area (Å²) in [7, 11) is -4.49. The molecule has 0 spiro atoms. The van der Waals surface area contributed by atoms with E-state index in [-0.39, 0.29) is 16.1 Å². The van der Waals surface area contributed by atoms with Crippen LogP contribution >= 0.6 is 0 Å². The van der Waals surface area contributed by atoms with Gasteiger partial charge >= 0.3 is 6.55 Å². The molecule has 0 aromatic carbocycles. The Bertz CT molecular complexity index is 452. The third kappa shape index (κ3) is 1.75. The van der Waals surface area contributed by atoms with Crippen molar-refractivity contribution in [3.8, 4) is 0 Å². The first-order valence-electron chi connectivity index (χ1n) is 3.56. The van der Waals surface area contributed by atoms with Gasteiger partial charge in [-0.05, 0) is 13.8 Å². The van der Waals surface area contributed by atoms with E-state index in [0.29, 0.717) is 0 Å². The minimum atomic E-state index is -4.49. The topological polar surface area (TPSA) is 72.2 Å². The van der Waals surface area contributed by atoms with E-state index in [1.54, 1.807) is 0 Å². The van der Waals surface area contributed by atoms with Crippen LogP contribution in [0.25, 0.3) is 0 Å². The molecule has 1 N–H and O–H groups in total. The van der Waals surface area contributed by atoms with Crippen LogP contribution < -0.4 is 0 Å². The van der Waals surface area contributed by atoms with Gasteiger partial charge in [0.15, 0.2) is 0 Å². The molecule has 0 fully saturated rings. The summed E-state index contributed by atoms with van der Waals surface area (Å²) in [6.07, 6.45) is 0. The van der Waals surface area contributed by atoms with Crippen LogP contribution in [0.2, 0.25) is 0 Å². The molecule has 0 saturated carbocycles. The molecule has 0 radical (unpaired) electrons. The maximum Gasteiger partial charge on any atom is 0.333 e. The summed E-state index contributed by atoms with van der Waals surface area (Å²) in [6.45, 7) is -0.547. The van der Waals surface area contributed by atoms with Gasteiger partial charge in [0, 0.05) is 0 Å². The summed E-state index contributed by atoms with van der Waals surface area (Å²) in [5.74, 6) is 0. The number of hydrogen-bond acceptors (Lipinski definition) is 3. The molecule has 0 amide bonds. The zero-order valence-electron chi connectivity index (χ0n) is 7.40. The number of rotatable bonds is 2. The van der Waals surface area contributed by atoms with Crippen molar-refractivity contribution < 1.29 is 21.8 Å². The summed E-state index contributed by atoms with van der Waals surface area (Å²) < 4.78 is 55.0. The van der Waals surface area contributed by atoms with Crippen molar-refractivity contribution in [2.45, 2.75) is 25.3 Å². The average Bonchev–Trinajstić information content (AvgIpc) is 2.24. The standard InChI is InChI=1S/C6H8F2N2O3S/c1-3-5(14(11,12)13)4(2)10(9-3)6(7)8/h6H,1-2H3,(H,11,12,13). The fourth-order valence-corrected chi connectivity index (χ4v) is 2.09. The lowest BCUT2D eigenvalue weighted by molar-refractivity contribution is 0.0538. The van der Waals surface area contributed by atoms with Gasteiger partial charge in [-0.2, -0.15) is 22.3 Å². The van der Waals surface area contributed by atoms with Gasteiger partial charge in [0.2, 0.25) is 0 Å². The molecule has 1 aromatic heterocycles. The van der Waals surface area contributed by atoms with E-state index in [9.17, 15) is 17.2 Å². The maximum atomic E-state index is 12.2. The lowest BCUT2D eigenvalue weighted by Gasteiger charge is -2.01. The summed E-state index contributed by atoms with van der Waals surface area (Å²) in [5.41, 5.74) is -0.426. The summed E-state index contributed by atoms with van der Waals surface area (Å²) >= 11 is 0. The van der Waals surface area contributed by atoms with E-state index in [1.165, 1.54) is 6.92 Å². The van der Waals surface area contributed by atoms with Crippen LogP contribution in [-0.4, -0.2) is 22.8 Å². The molecule has 1 heterocycles. The largest absolute Gasteiger partial charge is 0.333 e. The Hall–Kier alpha value is -1.02. The van der Waals surface area contributed by atoms with Crippen LogP contribution in [0.5, 0.6) is 0 Å². The number of nitrogens with zero attached hydrogens (tertiary/aromatic N) is 2. The fraction of sp³-hybridized carbons (Fsp3) is 0.500. The number of aryl methyl sites for hydroxylation is 1. The zero-order valence-corrected chi connectivity index (χ0v) is 8.22. The van der Waals surface area contributed by atoms with Crippen molar-refractivity contribution in [3.05, 3.63) is 11.4 Å². The molecule has 0 bridgehead atoms. The second-order valence-corrected chi connectivity index (χ2v) is 4.06. The average molecular weight is 226 g/mol. The van der Waals surface area contributed by atoms with Crippen molar-refractivity contribution in [2.75, 3.05) is 0 Å². The molecule has 1 rings (SSSR count). The quantitative estimate of drug-likeness (QED) is 0.767.